The van der Waals surface area contributed by atoms with E-state index in [2.05, 4.69) is 20.9 Å². The molecule has 0 spiro atoms. The van der Waals surface area contributed by atoms with Gasteiger partial charge in [-0.25, -0.2) is 0 Å². The van der Waals surface area contributed by atoms with Crippen molar-refractivity contribution in [3.05, 3.63) is 72.1 Å². The van der Waals surface area contributed by atoms with Crippen LogP contribution in [-0.2, 0) is 11.3 Å². The molecule has 0 fully saturated rings. The van der Waals surface area contributed by atoms with E-state index in [0.717, 1.165) is 22.0 Å². The molecular weight excluding hydrogens is 328 g/mol. The van der Waals surface area contributed by atoms with Gasteiger partial charge in [-0.1, -0.05) is 18.2 Å². The van der Waals surface area contributed by atoms with E-state index >= 15 is 0 Å². The van der Waals surface area contributed by atoms with E-state index in [9.17, 15) is 9.59 Å². The van der Waals surface area contributed by atoms with E-state index < -0.39 is 0 Å². The van der Waals surface area contributed by atoms with Crippen molar-refractivity contribution in [1.29, 1.82) is 0 Å². The Morgan fingerprint density at radius 3 is 2.77 bits per heavy atom. The minimum Gasteiger partial charge on any atom is -0.355 e. The van der Waals surface area contributed by atoms with Crippen LogP contribution in [0.5, 0.6) is 0 Å². The SMILES string of the molecule is CNC(=O)c1cccc(CNCC(=O)Nc2ccc3cnccc3c2)c1. The standard InChI is InChI=1S/C20H20N4O2/c1-21-20(26)16-4-2-3-14(9-16)11-23-13-19(25)24-18-6-5-17-12-22-8-7-15(17)10-18/h2-10,12,23H,11,13H2,1H3,(H,21,26)(H,24,25). The Hall–Kier alpha value is -3.25. The van der Waals surface area contributed by atoms with Crippen molar-refractivity contribution < 1.29 is 9.59 Å². The number of fused-ring (bicyclic) bond motifs is 1. The van der Waals surface area contributed by atoms with E-state index in [4.69, 9.17) is 0 Å². The normalized spacial score (nSPS) is 10.5. The molecule has 0 radical (unpaired) electrons. The van der Waals surface area contributed by atoms with Gasteiger partial charge in [0, 0.05) is 42.6 Å². The van der Waals surface area contributed by atoms with Crippen molar-refractivity contribution in [2.24, 2.45) is 0 Å². The highest BCUT2D eigenvalue weighted by Gasteiger charge is 2.05. The maximum absolute atomic E-state index is 12.1. The van der Waals surface area contributed by atoms with Crippen LogP contribution in [0.3, 0.4) is 0 Å². The highest BCUT2D eigenvalue weighted by Crippen LogP contribution is 2.17. The predicted octanol–water partition coefficient (Wildman–Crippen LogP) is 2.32. The zero-order valence-corrected chi connectivity index (χ0v) is 14.5. The highest BCUT2D eigenvalue weighted by molar-refractivity contribution is 5.95. The number of anilines is 1. The van der Waals surface area contributed by atoms with E-state index in [0.29, 0.717) is 12.1 Å². The van der Waals surface area contributed by atoms with Gasteiger partial charge in [0.05, 0.1) is 6.54 Å². The second-order valence-corrected chi connectivity index (χ2v) is 5.87. The van der Waals surface area contributed by atoms with Gasteiger partial charge in [0.2, 0.25) is 5.91 Å². The molecular formula is C20H20N4O2. The molecule has 0 aliphatic rings. The maximum Gasteiger partial charge on any atom is 0.251 e. The quantitative estimate of drug-likeness (QED) is 0.638. The second kappa shape index (κ2) is 8.22. The summed E-state index contributed by atoms with van der Waals surface area (Å²) in [6.07, 6.45) is 3.51. The molecule has 2 aromatic carbocycles. The zero-order chi connectivity index (χ0) is 18.4. The molecule has 2 amide bonds. The first kappa shape index (κ1) is 17.6. The van der Waals surface area contributed by atoms with Crippen LogP contribution in [-0.4, -0.2) is 30.4 Å². The van der Waals surface area contributed by atoms with Crippen molar-refractivity contribution in [2.45, 2.75) is 6.54 Å². The first-order chi connectivity index (χ1) is 12.7. The topological polar surface area (TPSA) is 83.1 Å². The minimum atomic E-state index is -0.129. The maximum atomic E-state index is 12.1. The fourth-order valence-corrected chi connectivity index (χ4v) is 2.65. The Morgan fingerprint density at radius 2 is 1.92 bits per heavy atom. The van der Waals surface area contributed by atoms with Crippen molar-refractivity contribution in [2.75, 3.05) is 18.9 Å². The molecule has 132 valence electrons. The van der Waals surface area contributed by atoms with Gasteiger partial charge >= 0.3 is 0 Å². The summed E-state index contributed by atoms with van der Waals surface area (Å²) in [6, 6.07) is 14.9. The number of aromatic nitrogens is 1. The van der Waals surface area contributed by atoms with Crippen molar-refractivity contribution in [3.8, 4) is 0 Å². The monoisotopic (exact) mass is 348 g/mol. The number of pyridine rings is 1. The fourth-order valence-electron chi connectivity index (χ4n) is 2.65. The molecule has 0 saturated heterocycles. The second-order valence-electron chi connectivity index (χ2n) is 5.87. The molecule has 6 heteroatoms. The van der Waals surface area contributed by atoms with Crippen LogP contribution >= 0.6 is 0 Å². The summed E-state index contributed by atoms with van der Waals surface area (Å²) in [5.41, 5.74) is 2.29. The van der Waals surface area contributed by atoms with Crippen LogP contribution in [0.25, 0.3) is 10.8 Å². The molecule has 26 heavy (non-hydrogen) atoms. The lowest BCUT2D eigenvalue weighted by Gasteiger charge is -2.08. The smallest absolute Gasteiger partial charge is 0.251 e. The minimum absolute atomic E-state index is 0.124. The van der Waals surface area contributed by atoms with E-state index in [1.54, 1.807) is 31.6 Å². The van der Waals surface area contributed by atoms with Crippen molar-refractivity contribution >= 4 is 28.3 Å². The Bertz CT molecular complexity index is 940. The lowest BCUT2D eigenvalue weighted by Crippen LogP contribution is -2.27. The van der Waals surface area contributed by atoms with Crippen molar-refractivity contribution in [1.82, 2.24) is 15.6 Å². The average molecular weight is 348 g/mol. The first-order valence-electron chi connectivity index (χ1n) is 8.31. The van der Waals surface area contributed by atoms with Crippen LogP contribution < -0.4 is 16.0 Å². The molecule has 3 N–H and O–H groups in total. The molecule has 0 unspecified atom stereocenters. The fraction of sp³-hybridized carbons (Fsp3) is 0.150. The number of benzene rings is 2. The number of amides is 2. The summed E-state index contributed by atoms with van der Waals surface area (Å²) in [6.45, 7) is 0.681. The highest BCUT2D eigenvalue weighted by atomic mass is 16.2. The van der Waals surface area contributed by atoms with Crippen LogP contribution in [0.1, 0.15) is 15.9 Å². The molecule has 3 aromatic rings. The van der Waals surface area contributed by atoms with Crippen LogP contribution in [0.15, 0.2) is 60.9 Å². The van der Waals surface area contributed by atoms with Gasteiger partial charge in [-0.15, -0.1) is 0 Å². The van der Waals surface area contributed by atoms with E-state index in [1.807, 2.05) is 36.4 Å². The third-order valence-electron chi connectivity index (χ3n) is 3.96. The number of hydrogen-bond donors (Lipinski definition) is 3. The van der Waals surface area contributed by atoms with Gasteiger partial charge < -0.3 is 16.0 Å². The van der Waals surface area contributed by atoms with Crippen molar-refractivity contribution in [3.63, 3.8) is 0 Å². The van der Waals surface area contributed by atoms with E-state index in [1.165, 1.54) is 0 Å². The number of hydrogen-bond acceptors (Lipinski definition) is 4. The molecule has 0 atom stereocenters. The summed E-state index contributed by atoms with van der Waals surface area (Å²) in [5.74, 6) is -0.253. The first-order valence-corrected chi connectivity index (χ1v) is 8.31. The molecule has 3 rings (SSSR count). The van der Waals surface area contributed by atoms with Gasteiger partial charge in [0.1, 0.15) is 0 Å². The Labute approximate surface area is 151 Å². The summed E-state index contributed by atoms with van der Waals surface area (Å²) in [4.78, 5) is 27.8. The summed E-state index contributed by atoms with van der Waals surface area (Å²) < 4.78 is 0. The molecule has 6 nitrogen and oxygen atoms in total. The zero-order valence-electron chi connectivity index (χ0n) is 14.5. The molecule has 0 saturated carbocycles. The van der Waals surface area contributed by atoms with Gasteiger partial charge in [-0.3, -0.25) is 14.6 Å². The molecule has 1 aromatic heterocycles. The number of rotatable bonds is 6. The number of nitrogens with zero attached hydrogens (tertiary/aromatic N) is 1. The summed E-state index contributed by atoms with van der Waals surface area (Å²) in [5, 5.41) is 10.6. The molecule has 0 aliphatic carbocycles. The lowest BCUT2D eigenvalue weighted by atomic mass is 10.1. The molecule has 1 heterocycles. The van der Waals surface area contributed by atoms with Gasteiger partial charge in [-0.05, 0) is 41.3 Å². The summed E-state index contributed by atoms with van der Waals surface area (Å²) >= 11 is 0. The average Bonchev–Trinajstić information content (AvgIpc) is 2.67. The number of carbonyl (C=O) groups is 2. The van der Waals surface area contributed by atoms with E-state index in [-0.39, 0.29) is 18.4 Å². The Balaban J connectivity index is 1.53. The third kappa shape index (κ3) is 4.43. The lowest BCUT2D eigenvalue weighted by molar-refractivity contribution is -0.115. The van der Waals surface area contributed by atoms with Gasteiger partial charge in [0.25, 0.3) is 5.91 Å². The Morgan fingerprint density at radius 1 is 1.04 bits per heavy atom. The molecule has 0 aliphatic heterocycles. The van der Waals surface area contributed by atoms with Gasteiger partial charge in [0.15, 0.2) is 0 Å². The number of carbonyl (C=O) groups excluding carboxylic acids is 2. The van der Waals surface area contributed by atoms with Crippen LogP contribution in [0.2, 0.25) is 0 Å². The summed E-state index contributed by atoms with van der Waals surface area (Å²) in [7, 11) is 1.60. The molecule has 0 bridgehead atoms. The van der Waals surface area contributed by atoms with Gasteiger partial charge in [-0.2, -0.15) is 0 Å². The Kier molecular flexibility index (Phi) is 5.56. The van der Waals surface area contributed by atoms with Crippen LogP contribution in [0.4, 0.5) is 5.69 Å². The third-order valence-corrected chi connectivity index (χ3v) is 3.96. The predicted molar refractivity (Wildman–Crippen MR) is 102 cm³/mol. The number of nitrogens with one attached hydrogen (secondary N) is 3. The van der Waals surface area contributed by atoms with Crippen LogP contribution in [0, 0.1) is 0 Å². The largest absolute Gasteiger partial charge is 0.355 e.